The molecule has 0 saturated carbocycles. The van der Waals surface area contributed by atoms with Crippen molar-refractivity contribution in [3.63, 3.8) is 0 Å². The third-order valence-electron chi connectivity index (χ3n) is 3.54. The predicted octanol–water partition coefficient (Wildman–Crippen LogP) is 2.67. The molecule has 2 heterocycles. The lowest BCUT2D eigenvalue weighted by molar-refractivity contribution is -0.129. The molecule has 110 valence electrons. The average molecular weight is 302 g/mol. The molecule has 0 N–H and O–H groups in total. The monoisotopic (exact) mass is 302 g/mol. The van der Waals surface area contributed by atoms with Crippen molar-refractivity contribution >= 4 is 17.2 Å². The van der Waals surface area contributed by atoms with E-state index in [-0.39, 0.29) is 12.0 Å². The third-order valence-corrected chi connectivity index (χ3v) is 4.36. The van der Waals surface area contributed by atoms with E-state index in [9.17, 15) is 4.79 Å². The standard InChI is InChI=1S/C16H18N2O2S/c1-12-17-13(11-21-12)9-16(19)18-8-7-15(10-18)20-14-5-3-2-4-6-14/h2-6,11,15H,7-10H2,1H3. The fraction of sp³-hybridized carbons (Fsp3) is 0.375. The lowest BCUT2D eigenvalue weighted by Crippen LogP contribution is -2.32. The summed E-state index contributed by atoms with van der Waals surface area (Å²) >= 11 is 1.58. The first kappa shape index (κ1) is 14.1. The van der Waals surface area contributed by atoms with Crippen LogP contribution in [-0.2, 0) is 11.2 Å². The fourth-order valence-electron chi connectivity index (χ4n) is 2.50. The predicted molar refractivity (Wildman–Crippen MR) is 82.6 cm³/mol. The molecular weight excluding hydrogens is 284 g/mol. The number of thiazole rings is 1. The van der Waals surface area contributed by atoms with Crippen molar-refractivity contribution in [3.05, 3.63) is 46.4 Å². The number of hydrogen-bond acceptors (Lipinski definition) is 4. The summed E-state index contributed by atoms with van der Waals surface area (Å²) in [5.41, 5.74) is 0.870. The topological polar surface area (TPSA) is 42.4 Å². The smallest absolute Gasteiger partial charge is 0.228 e. The average Bonchev–Trinajstić information content (AvgIpc) is 3.09. The Morgan fingerprint density at radius 2 is 2.24 bits per heavy atom. The highest BCUT2D eigenvalue weighted by molar-refractivity contribution is 7.09. The van der Waals surface area contributed by atoms with Gasteiger partial charge in [0.15, 0.2) is 0 Å². The number of para-hydroxylation sites is 1. The molecule has 0 radical (unpaired) electrons. The van der Waals surface area contributed by atoms with Gasteiger partial charge in [-0.05, 0) is 19.1 Å². The van der Waals surface area contributed by atoms with Crippen LogP contribution in [0.15, 0.2) is 35.7 Å². The summed E-state index contributed by atoms with van der Waals surface area (Å²) in [6, 6.07) is 9.77. The highest BCUT2D eigenvalue weighted by Crippen LogP contribution is 2.19. The van der Waals surface area contributed by atoms with Crippen molar-refractivity contribution in [2.24, 2.45) is 0 Å². The number of carbonyl (C=O) groups excluding carboxylic acids is 1. The quantitative estimate of drug-likeness (QED) is 0.872. The van der Waals surface area contributed by atoms with Gasteiger partial charge in [0.25, 0.3) is 0 Å². The van der Waals surface area contributed by atoms with Crippen LogP contribution < -0.4 is 4.74 Å². The summed E-state index contributed by atoms with van der Waals surface area (Å²) in [5.74, 6) is 1.01. The zero-order chi connectivity index (χ0) is 14.7. The van der Waals surface area contributed by atoms with Crippen LogP contribution in [-0.4, -0.2) is 35.0 Å². The van der Waals surface area contributed by atoms with Gasteiger partial charge in [0.1, 0.15) is 11.9 Å². The maximum Gasteiger partial charge on any atom is 0.228 e. The number of ether oxygens (including phenoxy) is 1. The molecule has 1 saturated heterocycles. The van der Waals surface area contributed by atoms with Crippen LogP contribution >= 0.6 is 11.3 Å². The zero-order valence-electron chi connectivity index (χ0n) is 12.0. The van der Waals surface area contributed by atoms with E-state index >= 15 is 0 Å². The number of rotatable bonds is 4. The molecule has 2 aromatic rings. The molecule has 4 nitrogen and oxygen atoms in total. The summed E-state index contributed by atoms with van der Waals surface area (Å²) in [7, 11) is 0. The van der Waals surface area contributed by atoms with Gasteiger partial charge in [-0.1, -0.05) is 18.2 Å². The summed E-state index contributed by atoms with van der Waals surface area (Å²) in [4.78, 5) is 18.5. The van der Waals surface area contributed by atoms with Gasteiger partial charge in [0.2, 0.25) is 5.91 Å². The van der Waals surface area contributed by atoms with Crippen LogP contribution in [0.1, 0.15) is 17.1 Å². The second-order valence-electron chi connectivity index (χ2n) is 5.22. The molecular formula is C16H18N2O2S. The molecule has 1 fully saturated rings. The normalized spacial score (nSPS) is 18.0. The number of carbonyl (C=O) groups is 1. The number of nitrogens with zero attached hydrogens (tertiary/aromatic N) is 2. The lowest BCUT2D eigenvalue weighted by Gasteiger charge is -2.17. The van der Waals surface area contributed by atoms with Gasteiger partial charge in [-0.2, -0.15) is 0 Å². The molecule has 1 aliphatic heterocycles. The highest BCUT2D eigenvalue weighted by atomic mass is 32.1. The van der Waals surface area contributed by atoms with Crippen LogP contribution in [0.3, 0.4) is 0 Å². The van der Waals surface area contributed by atoms with E-state index in [0.29, 0.717) is 13.0 Å². The van der Waals surface area contributed by atoms with Crippen LogP contribution in [0.25, 0.3) is 0 Å². The van der Waals surface area contributed by atoms with Crippen molar-refractivity contribution in [2.75, 3.05) is 13.1 Å². The number of benzene rings is 1. The molecule has 5 heteroatoms. The molecule has 0 bridgehead atoms. The van der Waals surface area contributed by atoms with Gasteiger partial charge < -0.3 is 9.64 Å². The Balaban J connectivity index is 1.53. The first-order valence-corrected chi connectivity index (χ1v) is 7.99. The van der Waals surface area contributed by atoms with Crippen molar-refractivity contribution in [2.45, 2.75) is 25.9 Å². The highest BCUT2D eigenvalue weighted by Gasteiger charge is 2.27. The van der Waals surface area contributed by atoms with E-state index in [1.54, 1.807) is 11.3 Å². The summed E-state index contributed by atoms with van der Waals surface area (Å²) in [6.45, 7) is 3.38. The second-order valence-corrected chi connectivity index (χ2v) is 6.28. The molecule has 21 heavy (non-hydrogen) atoms. The van der Waals surface area contributed by atoms with Crippen molar-refractivity contribution in [3.8, 4) is 5.75 Å². The maximum absolute atomic E-state index is 12.3. The fourth-order valence-corrected chi connectivity index (χ4v) is 3.11. The van der Waals surface area contributed by atoms with Crippen LogP contribution in [0.5, 0.6) is 5.75 Å². The van der Waals surface area contributed by atoms with Crippen LogP contribution in [0, 0.1) is 6.92 Å². The Bertz CT molecular complexity index is 612. The largest absolute Gasteiger partial charge is 0.489 e. The summed E-state index contributed by atoms with van der Waals surface area (Å²) in [6.07, 6.45) is 1.37. The first-order chi connectivity index (χ1) is 10.2. The second kappa shape index (κ2) is 6.26. The van der Waals surface area contributed by atoms with Gasteiger partial charge in [0.05, 0.1) is 23.7 Å². The van der Waals surface area contributed by atoms with E-state index in [0.717, 1.165) is 29.4 Å². The van der Waals surface area contributed by atoms with Gasteiger partial charge in [-0.25, -0.2) is 4.98 Å². The molecule has 1 aromatic heterocycles. The maximum atomic E-state index is 12.3. The van der Waals surface area contributed by atoms with E-state index in [2.05, 4.69) is 4.98 Å². The number of amides is 1. The summed E-state index contributed by atoms with van der Waals surface area (Å²) < 4.78 is 5.90. The van der Waals surface area contributed by atoms with Gasteiger partial charge in [-0.15, -0.1) is 11.3 Å². The zero-order valence-corrected chi connectivity index (χ0v) is 12.8. The van der Waals surface area contributed by atoms with Gasteiger partial charge in [0, 0.05) is 18.3 Å². The molecule has 3 rings (SSSR count). The number of likely N-dealkylation sites (tertiary alicyclic amines) is 1. The SMILES string of the molecule is Cc1nc(CC(=O)N2CCC(Oc3ccccc3)C2)cs1. The summed E-state index contributed by atoms with van der Waals surface area (Å²) in [5, 5.41) is 2.96. The molecule has 1 aromatic carbocycles. The molecule has 0 aliphatic carbocycles. The molecule has 1 atom stereocenters. The van der Waals surface area contributed by atoms with Gasteiger partial charge >= 0.3 is 0 Å². The Morgan fingerprint density at radius 1 is 1.43 bits per heavy atom. The lowest BCUT2D eigenvalue weighted by atomic mass is 10.3. The minimum atomic E-state index is 0.0912. The number of hydrogen-bond donors (Lipinski definition) is 0. The Labute approximate surface area is 128 Å². The van der Waals surface area contributed by atoms with Gasteiger partial charge in [-0.3, -0.25) is 4.79 Å². The third kappa shape index (κ3) is 3.61. The Kier molecular flexibility index (Phi) is 4.20. The number of aryl methyl sites for hydroxylation is 1. The van der Waals surface area contributed by atoms with Crippen molar-refractivity contribution in [1.82, 2.24) is 9.88 Å². The van der Waals surface area contributed by atoms with Crippen molar-refractivity contribution < 1.29 is 9.53 Å². The van der Waals surface area contributed by atoms with E-state index < -0.39 is 0 Å². The molecule has 0 spiro atoms. The van der Waals surface area contributed by atoms with E-state index in [1.165, 1.54) is 0 Å². The van der Waals surface area contributed by atoms with E-state index in [1.807, 2.05) is 47.5 Å². The minimum Gasteiger partial charge on any atom is -0.489 e. The molecule has 1 unspecified atom stereocenters. The molecule has 1 amide bonds. The van der Waals surface area contributed by atoms with Crippen LogP contribution in [0.4, 0.5) is 0 Å². The van der Waals surface area contributed by atoms with E-state index in [4.69, 9.17) is 4.74 Å². The Hall–Kier alpha value is -1.88. The van der Waals surface area contributed by atoms with Crippen LogP contribution in [0.2, 0.25) is 0 Å². The Morgan fingerprint density at radius 3 is 2.95 bits per heavy atom. The first-order valence-electron chi connectivity index (χ1n) is 7.11. The molecule has 1 aliphatic rings. The van der Waals surface area contributed by atoms with Crippen molar-refractivity contribution in [1.29, 1.82) is 0 Å². The number of aromatic nitrogens is 1. The minimum absolute atomic E-state index is 0.0912.